The van der Waals surface area contributed by atoms with Crippen LogP contribution in [0.3, 0.4) is 0 Å². The smallest absolute Gasteiger partial charge is 0.0220 e. The molecule has 14 heavy (non-hydrogen) atoms. The van der Waals surface area contributed by atoms with E-state index in [0.29, 0.717) is 6.04 Å². The zero-order valence-electron chi connectivity index (χ0n) is 10.1. The molecule has 1 aliphatic rings. The molecule has 1 atom stereocenters. The molecule has 1 N–H and O–H groups in total. The van der Waals surface area contributed by atoms with Crippen LogP contribution in [0.25, 0.3) is 0 Å². The van der Waals surface area contributed by atoms with Gasteiger partial charge < -0.3 is 5.32 Å². The van der Waals surface area contributed by atoms with Gasteiger partial charge in [0.2, 0.25) is 0 Å². The van der Waals surface area contributed by atoms with Gasteiger partial charge in [-0.15, -0.1) is 0 Å². The Kier molecular flexibility index (Phi) is 5.49. The van der Waals surface area contributed by atoms with Gasteiger partial charge in [-0.25, -0.2) is 0 Å². The zero-order valence-corrected chi connectivity index (χ0v) is 10.1. The first kappa shape index (κ1) is 12.0. The van der Waals surface area contributed by atoms with Crippen LogP contribution in [0.1, 0.15) is 46.5 Å². The Bertz CT molecular complexity index is 139. The van der Waals surface area contributed by atoms with Gasteiger partial charge >= 0.3 is 0 Å². The summed E-state index contributed by atoms with van der Waals surface area (Å²) in [5.41, 5.74) is 0. The lowest BCUT2D eigenvalue weighted by Crippen LogP contribution is -2.42. The lowest BCUT2D eigenvalue weighted by Gasteiger charge is -2.28. The molecule has 2 nitrogen and oxygen atoms in total. The summed E-state index contributed by atoms with van der Waals surface area (Å²) in [6, 6.07) is 1.40. The third-order valence-electron chi connectivity index (χ3n) is 3.04. The minimum absolute atomic E-state index is 0.622. The molecule has 0 aromatic carbocycles. The maximum Gasteiger partial charge on any atom is 0.0220 e. The van der Waals surface area contributed by atoms with Crippen molar-refractivity contribution in [2.45, 2.75) is 58.5 Å². The Balaban J connectivity index is 2.29. The summed E-state index contributed by atoms with van der Waals surface area (Å²) >= 11 is 0. The summed E-state index contributed by atoms with van der Waals surface area (Å²) in [5.74, 6) is 0. The minimum Gasteiger partial charge on any atom is -0.313 e. The molecule has 0 amide bonds. The van der Waals surface area contributed by atoms with Gasteiger partial charge in [0.1, 0.15) is 0 Å². The third kappa shape index (κ3) is 3.97. The van der Waals surface area contributed by atoms with Gasteiger partial charge in [-0.1, -0.05) is 27.2 Å². The van der Waals surface area contributed by atoms with Gasteiger partial charge in [0.05, 0.1) is 0 Å². The van der Waals surface area contributed by atoms with Crippen molar-refractivity contribution in [3.8, 4) is 0 Å². The SMILES string of the molecule is CCCC(CNC(C)C)N1CCCC1. The lowest BCUT2D eigenvalue weighted by atomic mass is 10.1. The summed E-state index contributed by atoms with van der Waals surface area (Å²) in [6.07, 6.45) is 5.46. The van der Waals surface area contributed by atoms with Crippen LogP contribution in [0.15, 0.2) is 0 Å². The quantitative estimate of drug-likeness (QED) is 0.704. The van der Waals surface area contributed by atoms with Crippen molar-refractivity contribution in [1.29, 1.82) is 0 Å². The molecule has 0 saturated carbocycles. The molecule has 0 aromatic heterocycles. The van der Waals surface area contributed by atoms with Gasteiger partial charge in [0, 0.05) is 18.6 Å². The van der Waals surface area contributed by atoms with E-state index in [-0.39, 0.29) is 0 Å². The molecule has 0 aliphatic carbocycles. The number of nitrogens with one attached hydrogen (secondary N) is 1. The van der Waals surface area contributed by atoms with Crippen molar-refractivity contribution >= 4 is 0 Å². The summed E-state index contributed by atoms with van der Waals surface area (Å²) in [6.45, 7) is 10.6. The van der Waals surface area contributed by atoms with Crippen LogP contribution < -0.4 is 5.32 Å². The molecule has 1 saturated heterocycles. The molecule has 1 rings (SSSR count). The predicted molar refractivity (Wildman–Crippen MR) is 62.6 cm³/mol. The molecule has 1 unspecified atom stereocenters. The van der Waals surface area contributed by atoms with Crippen molar-refractivity contribution < 1.29 is 0 Å². The highest BCUT2D eigenvalue weighted by Gasteiger charge is 2.20. The molecule has 1 heterocycles. The highest BCUT2D eigenvalue weighted by atomic mass is 15.2. The second kappa shape index (κ2) is 6.41. The Labute approximate surface area is 89.1 Å². The largest absolute Gasteiger partial charge is 0.313 e. The van der Waals surface area contributed by atoms with E-state index >= 15 is 0 Å². The van der Waals surface area contributed by atoms with Gasteiger partial charge in [0.25, 0.3) is 0 Å². The van der Waals surface area contributed by atoms with Gasteiger partial charge in [0.15, 0.2) is 0 Å². The van der Waals surface area contributed by atoms with Gasteiger partial charge in [-0.2, -0.15) is 0 Å². The first-order chi connectivity index (χ1) is 6.74. The highest BCUT2D eigenvalue weighted by Crippen LogP contribution is 2.14. The number of rotatable bonds is 6. The Morgan fingerprint density at radius 1 is 1.21 bits per heavy atom. The van der Waals surface area contributed by atoms with Crippen LogP contribution in [0.2, 0.25) is 0 Å². The molecule has 1 aliphatic heterocycles. The predicted octanol–water partition coefficient (Wildman–Crippen LogP) is 2.25. The first-order valence-corrected chi connectivity index (χ1v) is 6.21. The fourth-order valence-electron chi connectivity index (χ4n) is 2.23. The molecular formula is C12H26N2. The van der Waals surface area contributed by atoms with Crippen LogP contribution >= 0.6 is 0 Å². The standard InChI is InChI=1S/C12H26N2/c1-4-7-12(10-13-11(2)3)14-8-5-6-9-14/h11-13H,4-10H2,1-3H3. The monoisotopic (exact) mass is 198 g/mol. The summed E-state index contributed by atoms with van der Waals surface area (Å²) < 4.78 is 0. The molecule has 0 radical (unpaired) electrons. The zero-order chi connectivity index (χ0) is 10.4. The van der Waals surface area contributed by atoms with Crippen LogP contribution in [-0.4, -0.2) is 36.6 Å². The van der Waals surface area contributed by atoms with Crippen LogP contribution in [-0.2, 0) is 0 Å². The molecule has 0 bridgehead atoms. The Hall–Kier alpha value is -0.0800. The second-order valence-electron chi connectivity index (χ2n) is 4.75. The number of hydrogen-bond acceptors (Lipinski definition) is 2. The highest BCUT2D eigenvalue weighted by molar-refractivity contribution is 4.78. The maximum atomic E-state index is 3.57. The minimum atomic E-state index is 0.622. The van der Waals surface area contributed by atoms with E-state index in [1.54, 1.807) is 0 Å². The molecular weight excluding hydrogens is 172 g/mol. The van der Waals surface area contributed by atoms with Gasteiger partial charge in [-0.05, 0) is 32.4 Å². The number of likely N-dealkylation sites (tertiary alicyclic amines) is 1. The van der Waals surface area contributed by atoms with Crippen molar-refractivity contribution in [3.05, 3.63) is 0 Å². The molecule has 2 heteroatoms. The van der Waals surface area contributed by atoms with Crippen molar-refractivity contribution in [3.63, 3.8) is 0 Å². The summed E-state index contributed by atoms with van der Waals surface area (Å²) in [7, 11) is 0. The van der Waals surface area contributed by atoms with E-state index in [9.17, 15) is 0 Å². The fraction of sp³-hybridized carbons (Fsp3) is 1.00. The van der Waals surface area contributed by atoms with Gasteiger partial charge in [-0.3, -0.25) is 4.90 Å². The van der Waals surface area contributed by atoms with Crippen LogP contribution in [0, 0.1) is 0 Å². The van der Waals surface area contributed by atoms with E-state index in [4.69, 9.17) is 0 Å². The summed E-state index contributed by atoms with van der Waals surface area (Å²) in [5, 5.41) is 3.57. The van der Waals surface area contributed by atoms with Crippen molar-refractivity contribution in [2.75, 3.05) is 19.6 Å². The van der Waals surface area contributed by atoms with E-state index < -0.39 is 0 Å². The molecule has 0 aromatic rings. The Morgan fingerprint density at radius 3 is 2.36 bits per heavy atom. The van der Waals surface area contributed by atoms with Crippen LogP contribution in [0.4, 0.5) is 0 Å². The topological polar surface area (TPSA) is 15.3 Å². The van der Waals surface area contributed by atoms with E-state index in [1.165, 1.54) is 45.3 Å². The van der Waals surface area contributed by atoms with E-state index in [2.05, 4.69) is 31.0 Å². The maximum absolute atomic E-state index is 3.57. The number of nitrogens with zero attached hydrogens (tertiary/aromatic N) is 1. The lowest BCUT2D eigenvalue weighted by molar-refractivity contribution is 0.219. The average Bonchev–Trinajstić information content (AvgIpc) is 2.64. The molecule has 1 fully saturated rings. The van der Waals surface area contributed by atoms with E-state index in [0.717, 1.165) is 6.04 Å². The van der Waals surface area contributed by atoms with Crippen LogP contribution in [0.5, 0.6) is 0 Å². The summed E-state index contributed by atoms with van der Waals surface area (Å²) in [4.78, 5) is 2.67. The third-order valence-corrected chi connectivity index (χ3v) is 3.04. The van der Waals surface area contributed by atoms with E-state index in [1.807, 2.05) is 0 Å². The van der Waals surface area contributed by atoms with Crippen molar-refractivity contribution in [1.82, 2.24) is 10.2 Å². The van der Waals surface area contributed by atoms with Crippen molar-refractivity contribution in [2.24, 2.45) is 0 Å². The molecule has 0 spiro atoms. The second-order valence-corrected chi connectivity index (χ2v) is 4.75. The average molecular weight is 198 g/mol. The number of hydrogen-bond donors (Lipinski definition) is 1. The molecule has 84 valence electrons. The first-order valence-electron chi connectivity index (χ1n) is 6.21. The normalized spacial score (nSPS) is 20.6. The Morgan fingerprint density at radius 2 is 1.86 bits per heavy atom. The fourth-order valence-corrected chi connectivity index (χ4v) is 2.23.